The minimum absolute atomic E-state index is 0.0176. The summed E-state index contributed by atoms with van der Waals surface area (Å²) >= 11 is 0. The standard InChI is InChI=1S/C20H22N2O2/c1-3-19(23)22-17-11-7-6-9-15(17)12-18(22)20(24)21-13-16-10-5-4-8-14(16)2/h4-11,18H,3,12-13H2,1-2H3,(H,21,24)/t18-/m0/s1. The predicted octanol–water partition coefficient (Wildman–Crippen LogP) is 2.98. The maximum Gasteiger partial charge on any atom is 0.243 e. The van der Waals surface area contributed by atoms with Gasteiger partial charge in [-0.1, -0.05) is 49.4 Å². The molecule has 2 amide bonds. The average Bonchev–Trinajstić information content (AvgIpc) is 2.99. The SMILES string of the molecule is CCC(=O)N1c2ccccc2C[C@H]1C(=O)NCc1ccccc1C. The third-order valence-electron chi connectivity index (χ3n) is 4.56. The van der Waals surface area contributed by atoms with Crippen molar-refractivity contribution in [3.05, 3.63) is 65.2 Å². The Balaban J connectivity index is 1.77. The Morgan fingerprint density at radius 2 is 1.83 bits per heavy atom. The largest absolute Gasteiger partial charge is 0.350 e. The summed E-state index contributed by atoms with van der Waals surface area (Å²) in [7, 11) is 0. The molecule has 4 heteroatoms. The van der Waals surface area contributed by atoms with E-state index >= 15 is 0 Å². The molecular formula is C20H22N2O2. The number of hydrogen-bond donors (Lipinski definition) is 1. The second-order valence-corrected chi connectivity index (χ2v) is 6.11. The van der Waals surface area contributed by atoms with Gasteiger partial charge in [-0.05, 0) is 29.7 Å². The first-order valence-electron chi connectivity index (χ1n) is 8.34. The number of nitrogens with one attached hydrogen (secondary N) is 1. The van der Waals surface area contributed by atoms with Crippen molar-refractivity contribution in [2.24, 2.45) is 0 Å². The van der Waals surface area contributed by atoms with Crippen molar-refractivity contribution in [2.75, 3.05) is 4.90 Å². The molecule has 2 aromatic rings. The molecule has 124 valence electrons. The van der Waals surface area contributed by atoms with Crippen molar-refractivity contribution < 1.29 is 9.59 Å². The summed E-state index contributed by atoms with van der Waals surface area (Å²) in [6.45, 7) is 4.33. The van der Waals surface area contributed by atoms with Crippen LogP contribution in [0.4, 0.5) is 5.69 Å². The molecular weight excluding hydrogens is 300 g/mol. The first-order valence-corrected chi connectivity index (χ1v) is 8.34. The molecule has 1 aliphatic heterocycles. The van der Waals surface area contributed by atoms with Crippen molar-refractivity contribution in [3.63, 3.8) is 0 Å². The Morgan fingerprint density at radius 1 is 1.12 bits per heavy atom. The topological polar surface area (TPSA) is 49.4 Å². The molecule has 0 bridgehead atoms. The number of hydrogen-bond acceptors (Lipinski definition) is 2. The molecule has 1 atom stereocenters. The van der Waals surface area contributed by atoms with Gasteiger partial charge in [-0.15, -0.1) is 0 Å². The number of rotatable bonds is 4. The van der Waals surface area contributed by atoms with Crippen LogP contribution in [0.3, 0.4) is 0 Å². The minimum atomic E-state index is -0.459. The van der Waals surface area contributed by atoms with Gasteiger partial charge in [0.1, 0.15) is 6.04 Å². The summed E-state index contributed by atoms with van der Waals surface area (Å²) in [6, 6.07) is 15.3. The number of nitrogens with zero attached hydrogens (tertiary/aromatic N) is 1. The van der Waals surface area contributed by atoms with E-state index in [9.17, 15) is 9.59 Å². The molecule has 0 unspecified atom stereocenters. The van der Waals surface area contributed by atoms with Crippen LogP contribution in [0, 0.1) is 6.92 Å². The molecule has 0 spiro atoms. The fourth-order valence-corrected chi connectivity index (χ4v) is 3.18. The van der Waals surface area contributed by atoms with Crippen LogP contribution in [0.1, 0.15) is 30.0 Å². The van der Waals surface area contributed by atoms with Crippen molar-refractivity contribution in [1.29, 1.82) is 0 Å². The highest BCUT2D eigenvalue weighted by molar-refractivity contribution is 6.03. The molecule has 2 aromatic carbocycles. The van der Waals surface area contributed by atoms with Gasteiger partial charge in [0.2, 0.25) is 11.8 Å². The second-order valence-electron chi connectivity index (χ2n) is 6.11. The van der Waals surface area contributed by atoms with Gasteiger partial charge in [-0.25, -0.2) is 0 Å². The van der Waals surface area contributed by atoms with Gasteiger partial charge < -0.3 is 5.32 Å². The molecule has 24 heavy (non-hydrogen) atoms. The highest BCUT2D eigenvalue weighted by Crippen LogP contribution is 2.32. The molecule has 0 saturated carbocycles. The molecule has 1 heterocycles. The van der Waals surface area contributed by atoms with Gasteiger partial charge in [0.05, 0.1) is 0 Å². The molecule has 0 fully saturated rings. The Bertz CT molecular complexity index is 770. The molecule has 0 aromatic heterocycles. The van der Waals surface area contributed by atoms with Gasteiger partial charge in [0.15, 0.2) is 0 Å². The van der Waals surface area contributed by atoms with Crippen LogP contribution in [0.2, 0.25) is 0 Å². The number of aryl methyl sites for hydroxylation is 1. The lowest BCUT2D eigenvalue weighted by Crippen LogP contribution is -2.47. The summed E-state index contributed by atoms with van der Waals surface area (Å²) in [5.41, 5.74) is 4.15. The molecule has 0 saturated heterocycles. The maximum absolute atomic E-state index is 12.7. The predicted molar refractivity (Wildman–Crippen MR) is 94.7 cm³/mol. The lowest BCUT2D eigenvalue weighted by Gasteiger charge is -2.24. The third kappa shape index (κ3) is 3.04. The molecule has 1 N–H and O–H groups in total. The fourth-order valence-electron chi connectivity index (χ4n) is 3.18. The number of amides is 2. The number of fused-ring (bicyclic) bond motifs is 1. The van der Waals surface area contributed by atoms with Gasteiger partial charge in [0.25, 0.3) is 0 Å². The van der Waals surface area contributed by atoms with Crippen molar-refractivity contribution in [3.8, 4) is 0 Å². The average molecular weight is 322 g/mol. The number of carbonyl (C=O) groups is 2. The van der Waals surface area contributed by atoms with Gasteiger partial charge in [0, 0.05) is 25.1 Å². The molecule has 0 radical (unpaired) electrons. The first-order chi connectivity index (χ1) is 11.6. The summed E-state index contributed by atoms with van der Waals surface area (Å²) in [6.07, 6.45) is 0.956. The van der Waals surface area contributed by atoms with Crippen LogP contribution in [0.5, 0.6) is 0 Å². The van der Waals surface area contributed by atoms with Gasteiger partial charge in [-0.3, -0.25) is 14.5 Å². The van der Waals surface area contributed by atoms with E-state index in [0.717, 1.165) is 22.4 Å². The van der Waals surface area contributed by atoms with Crippen LogP contribution >= 0.6 is 0 Å². The number of benzene rings is 2. The van der Waals surface area contributed by atoms with E-state index in [4.69, 9.17) is 0 Å². The third-order valence-corrected chi connectivity index (χ3v) is 4.56. The second kappa shape index (κ2) is 6.87. The first kappa shape index (κ1) is 16.2. The Morgan fingerprint density at radius 3 is 2.58 bits per heavy atom. The van der Waals surface area contributed by atoms with E-state index in [1.807, 2.05) is 62.4 Å². The zero-order chi connectivity index (χ0) is 17.1. The Labute approximate surface area is 142 Å². The van der Waals surface area contributed by atoms with Crippen molar-refractivity contribution >= 4 is 17.5 Å². The van der Waals surface area contributed by atoms with E-state index in [0.29, 0.717) is 19.4 Å². The Hall–Kier alpha value is -2.62. The summed E-state index contributed by atoms with van der Waals surface area (Å²) < 4.78 is 0. The van der Waals surface area contributed by atoms with E-state index in [-0.39, 0.29) is 11.8 Å². The number of para-hydroxylation sites is 1. The summed E-state index contributed by atoms with van der Waals surface area (Å²) in [5, 5.41) is 2.99. The monoisotopic (exact) mass is 322 g/mol. The number of anilines is 1. The normalized spacial score (nSPS) is 15.9. The van der Waals surface area contributed by atoms with Gasteiger partial charge in [-0.2, -0.15) is 0 Å². The molecule has 3 rings (SSSR count). The smallest absolute Gasteiger partial charge is 0.243 e. The minimum Gasteiger partial charge on any atom is -0.350 e. The van der Waals surface area contributed by atoms with Crippen LogP contribution in [0.15, 0.2) is 48.5 Å². The quantitative estimate of drug-likeness (QED) is 0.941. The molecule has 4 nitrogen and oxygen atoms in total. The number of carbonyl (C=O) groups excluding carboxylic acids is 2. The van der Waals surface area contributed by atoms with Crippen molar-refractivity contribution in [1.82, 2.24) is 5.32 Å². The zero-order valence-corrected chi connectivity index (χ0v) is 14.1. The highest BCUT2D eigenvalue weighted by Gasteiger charge is 2.37. The van der Waals surface area contributed by atoms with E-state index in [1.165, 1.54) is 0 Å². The van der Waals surface area contributed by atoms with Crippen LogP contribution in [0.25, 0.3) is 0 Å². The van der Waals surface area contributed by atoms with Crippen LogP contribution < -0.4 is 10.2 Å². The van der Waals surface area contributed by atoms with Crippen LogP contribution in [-0.2, 0) is 22.6 Å². The Kier molecular flexibility index (Phi) is 4.65. The maximum atomic E-state index is 12.7. The fraction of sp³-hybridized carbons (Fsp3) is 0.300. The van der Waals surface area contributed by atoms with E-state index < -0.39 is 6.04 Å². The van der Waals surface area contributed by atoms with Crippen LogP contribution in [-0.4, -0.2) is 17.9 Å². The zero-order valence-electron chi connectivity index (χ0n) is 14.1. The molecule has 1 aliphatic rings. The lowest BCUT2D eigenvalue weighted by atomic mass is 10.1. The lowest BCUT2D eigenvalue weighted by molar-refractivity contribution is -0.126. The highest BCUT2D eigenvalue weighted by atomic mass is 16.2. The van der Waals surface area contributed by atoms with Gasteiger partial charge >= 0.3 is 0 Å². The van der Waals surface area contributed by atoms with Crippen molar-refractivity contribution in [2.45, 2.75) is 39.3 Å². The summed E-state index contributed by atoms with van der Waals surface area (Å²) in [4.78, 5) is 26.7. The van der Waals surface area contributed by atoms with E-state index in [2.05, 4.69) is 5.32 Å². The summed E-state index contributed by atoms with van der Waals surface area (Å²) in [5.74, 6) is -0.118. The molecule has 0 aliphatic carbocycles. The van der Waals surface area contributed by atoms with E-state index in [1.54, 1.807) is 4.90 Å².